The van der Waals surface area contributed by atoms with Gasteiger partial charge in [-0.25, -0.2) is 4.39 Å². The molecule has 1 aliphatic rings. The topological polar surface area (TPSA) is 43.1 Å². The fourth-order valence-corrected chi connectivity index (χ4v) is 2.67. The van der Waals surface area contributed by atoms with Gasteiger partial charge in [0.2, 0.25) is 0 Å². The molecule has 3 heteroatoms. The van der Waals surface area contributed by atoms with Crippen molar-refractivity contribution in [2.45, 2.75) is 25.2 Å². The zero-order valence-electron chi connectivity index (χ0n) is 11.3. The SMILES string of the molecule is Cc1ccc(F)cc1C(=O)C1(c2ccc(N)cc2)CC1. The Morgan fingerprint density at radius 2 is 1.80 bits per heavy atom. The van der Waals surface area contributed by atoms with Gasteiger partial charge in [-0.1, -0.05) is 18.2 Å². The molecule has 0 heterocycles. The molecule has 0 amide bonds. The van der Waals surface area contributed by atoms with E-state index in [9.17, 15) is 9.18 Å². The van der Waals surface area contributed by atoms with Gasteiger partial charge in [0.25, 0.3) is 0 Å². The molecule has 0 aromatic heterocycles. The number of anilines is 1. The number of halogens is 1. The Hall–Kier alpha value is -2.16. The van der Waals surface area contributed by atoms with Crippen molar-refractivity contribution >= 4 is 11.5 Å². The molecule has 2 N–H and O–H groups in total. The van der Waals surface area contributed by atoms with Crippen LogP contribution in [0.1, 0.15) is 34.3 Å². The molecule has 1 aliphatic carbocycles. The van der Waals surface area contributed by atoms with Gasteiger partial charge < -0.3 is 5.73 Å². The molecule has 2 aromatic carbocycles. The number of carbonyl (C=O) groups excluding carboxylic acids is 1. The molecular formula is C17H16FNO. The Kier molecular flexibility index (Phi) is 2.85. The minimum atomic E-state index is -0.480. The molecule has 1 fully saturated rings. The molecule has 0 radical (unpaired) electrons. The first-order valence-electron chi connectivity index (χ1n) is 6.70. The van der Waals surface area contributed by atoms with Crippen molar-refractivity contribution < 1.29 is 9.18 Å². The number of Topliss-reactive ketones (excluding diaryl/α,β-unsaturated/α-hetero) is 1. The Balaban J connectivity index is 2.01. The zero-order chi connectivity index (χ0) is 14.3. The molecule has 0 aliphatic heterocycles. The normalized spacial score (nSPS) is 15.9. The number of nitrogen functional groups attached to an aromatic ring is 1. The number of ketones is 1. The van der Waals surface area contributed by atoms with Crippen LogP contribution in [0.3, 0.4) is 0 Å². The summed E-state index contributed by atoms with van der Waals surface area (Å²) in [7, 11) is 0. The molecule has 2 nitrogen and oxygen atoms in total. The lowest BCUT2D eigenvalue weighted by atomic mass is 9.86. The maximum atomic E-state index is 13.4. The van der Waals surface area contributed by atoms with E-state index in [2.05, 4.69) is 0 Å². The highest BCUT2D eigenvalue weighted by molar-refractivity contribution is 6.07. The predicted octanol–water partition coefficient (Wildman–Crippen LogP) is 3.63. The van der Waals surface area contributed by atoms with Gasteiger partial charge in [0.05, 0.1) is 5.41 Å². The van der Waals surface area contributed by atoms with Crippen LogP contribution in [0.5, 0.6) is 0 Å². The summed E-state index contributed by atoms with van der Waals surface area (Å²) in [6.07, 6.45) is 1.62. The molecule has 0 bridgehead atoms. The summed E-state index contributed by atoms with van der Waals surface area (Å²) < 4.78 is 13.4. The highest BCUT2D eigenvalue weighted by atomic mass is 19.1. The number of hydrogen-bond donors (Lipinski definition) is 1. The maximum absolute atomic E-state index is 13.4. The van der Waals surface area contributed by atoms with E-state index in [-0.39, 0.29) is 11.6 Å². The van der Waals surface area contributed by atoms with Crippen molar-refractivity contribution in [3.8, 4) is 0 Å². The number of aryl methyl sites for hydroxylation is 1. The van der Waals surface area contributed by atoms with Crippen LogP contribution < -0.4 is 5.73 Å². The average molecular weight is 269 g/mol. The van der Waals surface area contributed by atoms with Crippen molar-refractivity contribution in [2.24, 2.45) is 0 Å². The van der Waals surface area contributed by atoms with Crippen molar-refractivity contribution in [3.05, 3.63) is 65.0 Å². The second kappa shape index (κ2) is 4.44. The zero-order valence-corrected chi connectivity index (χ0v) is 11.3. The second-order valence-electron chi connectivity index (χ2n) is 5.49. The predicted molar refractivity (Wildman–Crippen MR) is 77.2 cm³/mol. The van der Waals surface area contributed by atoms with Crippen LogP contribution in [0.25, 0.3) is 0 Å². The maximum Gasteiger partial charge on any atom is 0.173 e. The molecule has 20 heavy (non-hydrogen) atoms. The molecule has 3 rings (SSSR count). The first-order valence-corrected chi connectivity index (χ1v) is 6.70. The second-order valence-corrected chi connectivity index (χ2v) is 5.49. The van der Waals surface area contributed by atoms with E-state index in [1.165, 1.54) is 12.1 Å². The van der Waals surface area contributed by atoms with Gasteiger partial charge in [0.1, 0.15) is 5.82 Å². The molecule has 0 saturated heterocycles. The fourth-order valence-electron chi connectivity index (χ4n) is 2.67. The van der Waals surface area contributed by atoms with Crippen LogP contribution in [0, 0.1) is 12.7 Å². The van der Waals surface area contributed by atoms with Gasteiger partial charge in [-0.05, 0) is 55.2 Å². The fraction of sp³-hybridized carbons (Fsp3) is 0.235. The first-order chi connectivity index (χ1) is 9.53. The van der Waals surface area contributed by atoms with E-state index in [1.54, 1.807) is 18.2 Å². The Morgan fingerprint density at radius 1 is 1.15 bits per heavy atom. The first kappa shape index (κ1) is 12.9. The third-order valence-corrected chi connectivity index (χ3v) is 4.09. The van der Waals surface area contributed by atoms with Crippen LogP contribution in [-0.4, -0.2) is 5.78 Å². The summed E-state index contributed by atoms with van der Waals surface area (Å²) >= 11 is 0. The third kappa shape index (κ3) is 1.99. The van der Waals surface area contributed by atoms with Crippen molar-refractivity contribution in [2.75, 3.05) is 5.73 Å². The third-order valence-electron chi connectivity index (χ3n) is 4.09. The minimum Gasteiger partial charge on any atom is -0.399 e. The van der Waals surface area contributed by atoms with Crippen LogP contribution in [0.2, 0.25) is 0 Å². The summed E-state index contributed by atoms with van der Waals surface area (Å²) in [5.41, 5.74) is 8.16. The van der Waals surface area contributed by atoms with Gasteiger partial charge in [0.15, 0.2) is 5.78 Å². The standard InChI is InChI=1S/C17H16FNO/c1-11-2-5-13(18)10-15(11)16(20)17(8-9-17)12-3-6-14(19)7-4-12/h2-7,10H,8-9,19H2,1H3. The van der Waals surface area contributed by atoms with Crippen LogP contribution in [0.4, 0.5) is 10.1 Å². The van der Waals surface area contributed by atoms with E-state index < -0.39 is 5.41 Å². The van der Waals surface area contributed by atoms with Crippen LogP contribution >= 0.6 is 0 Å². The lowest BCUT2D eigenvalue weighted by Gasteiger charge is -2.16. The summed E-state index contributed by atoms with van der Waals surface area (Å²) in [6.45, 7) is 1.84. The van der Waals surface area contributed by atoms with Crippen molar-refractivity contribution in [1.82, 2.24) is 0 Å². The van der Waals surface area contributed by atoms with Crippen molar-refractivity contribution in [1.29, 1.82) is 0 Å². The molecule has 2 aromatic rings. The Morgan fingerprint density at radius 3 is 2.40 bits per heavy atom. The van der Waals surface area contributed by atoms with Gasteiger partial charge in [-0.15, -0.1) is 0 Å². The summed E-state index contributed by atoms with van der Waals surface area (Å²) in [6, 6.07) is 11.8. The smallest absolute Gasteiger partial charge is 0.173 e. The van der Waals surface area contributed by atoms with E-state index in [0.717, 1.165) is 24.0 Å². The number of carbonyl (C=O) groups is 1. The van der Waals surface area contributed by atoms with E-state index >= 15 is 0 Å². The average Bonchev–Trinajstić information content (AvgIpc) is 3.23. The van der Waals surface area contributed by atoms with Crippen LogP contribution in [-0.2, 0) is 5.41 Å². The number of nitrogens with two attached hydrogens (primary N) is 1. The van der Waals surface area contributed by atoms with E-state index in [4.69, 9.17) is 5.73 Å². The quantitative estimate of drug-likeness (QED) is 0.683. The summed E-state index contributed by atoms with van der Waals surface area (Å²) in [5, 5.41) is 0. The Bertz CT molecular complexity index is 672. The lowest BCUT2D eigenvalue weighted by Crippen LogP contribution is -2.21. The number of rotatable bonds is 3. The summed E-state index contributed by atoms with van der Waals surface area (Å²) in [4.78, 5) is 12.8. The molecular weight excluding hydrogens is 253 g/mol. The highest BCUT2D eigenvalue weighted by Crippen LogP contribution is 2.50. The molecule has 0 atom stereocenters. The number of hydrogen-bond acceptors (Lipinski definition) is 2. The number of benzene rings is 2. The molecule has 1 saturated carbocycles. The van der Waals surface area contributed by atoms with E-state index in [0.29, 0.717) is 11.3 Å². The van der Waals surface area contributed by atoms with E-state index in [1.807, 2.05) is 19.1 Å². The van der Waals surface area contributed by atoms with Crippen LogP contribution in [0.15, 0.2) is 42.5 Å². The van der Waals surface area contributed by atoms with Gasteiger partial charge >= 0.3 is 0 Å². The van der Waals surface area contributed by atoms with Gasteiger partial charge in [-0.3, -0.25) is 4.79 Å². The molecule has 0 unspecified atom stereocenters. The Labute approximate surface area is 117 Å². The van der Waals surface area contributed by atoms with Gasteiger partial charge in [0, 0.05) is 11.3 Å². The molecule has 102 valence electrons. The highest BCUT2D eigenvalue weighted by Gasteiger charge is 2.51. The van der Waals surface area contributed by atoms with Crippen molar-refractivity contribution in [3.63, 3.8) is 0 Å². The monoisotopic (exact) mass is 269 g/mol. The lowest BCUT2D eigenvalue weighted by molar-refractivity contribution is 0.0945. The minimum absolute atomic E-state index is 0.0132. The molecule has 0 spiro atoms. The largest absolute Gasteiger partial charge is 0.399 e. The summed E-state index contributed by atoms with van der Waals surface area (Å²) in [5.74, 6) is -0.355. The van der Waals surface area contributed by atoms with Gasteiger partial charge in [-0.2, -0.15) is 0 Å².